The Hall–Kier alpha value is -3.41. The lowest BCUT2D eigenvalue weighted by Crippen LogP contribution is -2.14. The molecule has 0 radical (unpaired) electrons. The third-order valence-corrected chi connectivity index (χ3v) is 4.49. The number of hydrogen-bond acceptors (Lipinski definition) is 5. The summed E-state index contributed by atoms with van der Waals surface area (Å²) in [7, 11) is 1.57. The maximum Gasteiger partial charge on any atom is 0.258 e. The van der Waals surface area contributed by atoms with Crippen LogP contribution in [0.1, 0.15) is 34.0 Å². The molecule has 0 aliphatic rings. The number of anilines is 3. The maximum absolute atomic E-state index is 12.6. The number of aromatic nitrogens is 2. The zero-order valence-electron chi connectivity index (χ0n) is 16.5. The van der Waals surface area contributed by atoms with Gasteiger partial charge in [-0.2, -0.15) is 0 Å². The van der Waals surface area contributed by atoms with Gasteiger partial charge in [0.25, 0.3) is 5.91 Å². The van der Waals surface area contributed by atoms with E-state index in [9.17, 15) is 4.79 Å². The summed E-state index contributed by atoms with van der Waals surface area (Å²) in [5, 5.41) is 6.11. The second-order valence-electron chi connectivity index (χ2n) is 6.54. The predicted octanol–water partition coefficient (Wildman–Crippen LogP) is 4.66. The van der Waals surface area contributed by atoms with Gasteiger partial charge in [0, 0.05) is 18.1 Å². The minimum absolute atomic E-state index is 0.291. The third kappa shape index (κ3) is 4.28. The number of ether oxygens (including phenoxy) is 1. The number of para-hydroxylation sites is 1. The fourth-order valence-electron chi connectivity index (χ4n) is 2.94. The van der Waals surface area contributed by atoms with Gasteiger partial charge in [-0.3, -0.25) is 4.79 Å². The predicted molar refractivity (Wildman–Crippen MR) is 112 cm³/mol. The van der Waals surface area contributed by atoms with Gasteiger partial charge in [-0.1, -0.05) is 31.2 Å². The van der Waals surface area contributed by atoms with E-state index in [1.165, 1.54) is 18.0 Å². The van der Waals surface area contributed by atoms with E-state index in [1.807, 2.05) is 44.2 Å². The van der Waals surface area contributed by atoms with Gasteiger partial charge in [-0.25, -0.2) is 9.97 Å². The van der Waals surface area contributed by atoms with E-state index in [0.717, 1.165) is 23.2 Å². The van der Waals surface area contributed by atoms with Gasteiger partial charge in [0.1, 0.15) is 5.75 Å². The van der Waals surface area contributed by atoms with Crippen LogP contribution in [-0.4, -0.2) is 23.0 Å². The van der Waals surface area contributed by atoms with Crippen molar-refractivity contribution >= 4 is 23.2 Å². The summed E-state index contributed by atoms with van der Waals surface area (Å²) in [4.78, 5) is 21.1. The van der Waals surface area contributed by atoms with Crippen molar-refractivity contribution in [1.82, 2.24) is 9.97 Å². The first-order valence-corrected chi connectivity index (χ1v) is 9.15. The lowest BCUT2D eigenvalue weighted by Gasteiger charge is -2.13. The smallest absolute Gasteiger partial charge is 0.258 e. The molecule has 3 rings (SSSR count). The molecular formula is C22H24N4O2. The van der Waals surface area contributed by atoms with E-state index < -0.39 is 0 Å². The van der Waals surface area contributed by atoms with Gasteiger partial charge in [0.2, 0.25) is 5.95 Å². The second kappa shape index (κ2) is 8.52. The molecule has 28 heavy (non-hydrogen) atoms. The number of aryl methyl sites for hydroxylation is 3. The third-order valence-electron chi connectivity index (χ3n) is 4.49. The maximum atomic E-state index is 12.6. The Labute approximate surface area is 165 Å². The summed E-state index contributed by atoms with van der Waals surface area (Å²) in [6, 6.07) is 11.8. The molecule has 0 saturated heterocycles. The molecule has 0 saturated carbocycles. The molecule has 6 nitrogen and oxygen atoms in total. The molecule has 0 fully saturated rings. The van der Waals surface area contributed by atoms with E-state index in [-0.39, 0.29) is 5.91 Å². The number of methoxy groups -OCH3 is 1. The number of rotatable bonds is 6. The summed E-state index contributed by atoms with van der Waals surface area (Å²) in [5.74, 6) is 0.763. The van der Waals surface area contributed by atoms with Crippen LogP contribution < -0.4 is 15.4 Å². The van der Waals surface area contributed by atoms with Gasteiger partial charge >= 0.3 is 0 Å². The zero-order chi connectivity index (χ0) is 20.1. The number of benzene rings is 2. The molecule has 0 atom stereocenters. The van der Waals surface area contributed by atoms with Gasteiger partial charge in [-0.15, -0.1) is 0 Å². The van der Waals surface area contributed by atoms with Crippen molar-refractivity contribution in [1.29, 1.82) is 0 Å². The lowest BCUT2D eigenvalue weighted by molar-refractivity contribution is 0.102. The summed E-state index contributed by atoms with van der Waals surface area (Å²) >= 11 is 0. The van der Waals surface area contributed by atoms with Gasteiger partial charge in [-0.05, 0) is 49.1 Å². The molecule has 0 bridgehead atoms. The quantitative estimate of drug-likeness (QED) is 0.654. The number of amides is 1. The Balaban J connectivity index is 1.76. The first-order chi connectivity index (χ1) is 13.5. The minimum atomic E-state index is -0.291. The first-order valence-electron chi connectivity index (χ1n) is 9.15. The van der Waals surface area contributed by atoms with Crippen LogP contribution in [0.3, 0.4) is 0 Å². The molecule has 3 aromatic rings. The van der Waals surface area contributed by atoms with Crippen LogP contribution in [0.25, 0.3) is 0 Å². The van der Waals surface area contributed by atoms with Crippen molar-refractivity contribution in [3.8, 4) is 5.75 Å². The highest BCUT2D eigenvalue weighted by Gasteiger charge is 2.12. The number of nitrogens with zero attached hydrogens (tertiary/aromatic N) is 2. The second-order valence-corrected chi connectivity index (χ2v) is 6.54. The molecule has 0 unspecified atom stereocenters. The van der Waals surface area contributed by atoms with Crippen LogP contribution in [0.15, 0.2) is 48.8 Å². The number of carbonyl (C=O) groups excluding carboxylic acids is 1. The Morgan fingerprint density at radius 1 is 1.11 bits per heavy atom. The number of hydrogen-bond donors (Lipinski definition) is 2. The molecule has 1 aromatic heterocycles. The SMILES string of the molecule is CCc1cccc(C)c1Nc1ncc(C(=O)Nc2cc(C)ccc2OC)cn1. The van der Waals surface area contributed by atoms with Gasteiger partial charge < -0.3 is 15.4 Å². The molecule has 1 heterocycles. The van der Waals surface area contributed by atoms with E-state index >= 15 is 0 Å². The highest BCUT2D eigenvalue weighted by Crippen LogP contribution is 2.26. The van der Waals surface area contributed by atoms with E-state index in [4.69, 9.17) is 4.74 Å². The largest absolute Gasteiger partial charge is 0.495 e. The monoisotopic (exact) mass is 376 g/mol. The van der Waals surface area contributed by atoms with Crippen LogP contribution in [-0.2, 0) is 6.42 Å². The molecule has 2 N–H and O–H groups in total. The van der Waals surface area contributed by atoms with Gasteiger partial charge in [0.05, 0.1) is 18.4 Å². The van der Waals surface area contributed by atoms with Crippen LogP contribution in [0.4, 0.5) is 17.3 Å². The van der Waals surface area contributed by atoms with Crippen LogP contribution in [0, 0.1) is 13.8 Å². The zero-order valence-corrected chi connectivity index (χ0v) is 16.5. The molecule has 6 heteroatoms. The van der Waals surface area contributed by atoms with Crippen molar-refractivity contribution < 1.29 is 9.53 Å². The fourth-order valence-corrected chi connectivity index (χ4v) is 2.94. The molecule has 0 spiro atoms. The Morgan fingerprint density at radius 3 is 2.54 bits per heavy atom. The van der Waals surface area contributed by atoms with Crippen molar-refractivity contribution in [2.45, 2.75) is 27.2 Å². The first kappa shape index (κ1) is 19.4. The molecular weight excluding hydrogens is 352 g/mol. The topological polar surface area (TPSA) is 76.1 Å². The molecule has 2 aromatic carbocycles. The Bertz CT molecular complexity index is 984. The van der Waals surface area contributed by atoms with Crippen LogP contribution >= 0.6 is 0 Å². The Morgan fingerprint density at radius 2 is 1.86 bits per heavy atom. The van der Waals surface area contributed by atoms with Crippen LogP contribution in [0.5, 0.6) is 5.75 Å². The summed E-state index contributed by atoms with van der Waals surface area (Å²) < 4.78 is 5.30. The average Bonchev–Trinajstić information content (AvgIpc) is 2.70. The Kier molecular flexibility index (Phi) is 5.89. The van der Waals surface area contributed by atoms with Crippen molar-refractivity contribution in [2.75, 3.05) is 17.7 Å². The van der Waals surface area contributed by atoms with E-state index in [2.05, 4.69) is 33.6 Å². The van der Waals surface area contributed by atoms with Crippen LogP contribution in [0.2, 0.25) is 0 Å². The summed E-state index contributed by atoms with van der Waals surface area (Å²) in [6.07, 6.45) is 3.93. The standard InChI is InChI=1S/C22H24N4O2/c1-5-16-8-6-7-15(3)20(16)26-22-23-12-17(13-24-22)21(27)25-18-11-14(2)9-10-19(18)28-4/h6-13H,5H2,1-4H3,(H,25,27)(H,23,24,26). The van der Waals surface area contributed by atoms with Crippen molar-refractivity contribution in [3.63, 3.8) is 0 Å². The normalized spacial score (nSPS) is 10.4. The summed E-state index contributed by atoms with van der Waals surface area (Å²) in [5.41, 5.74) is 5.33. The molecule has 0 aliphatic carbocycles. The van der Waals surface area contributed by atoms with E-state index in [0.29, 0.717) is 22.9 Å². The molecule has 1 amide bonds. The molecule has 144 valence electrons. The van der Waals surface area contributed by atoms with Crippen molar-refractivity contribution in [2.24, 2.45) is 0 Å². The van der Waals surface area contributed by atoms with E-state index in [1.54, 1.807) is 7.11 Å². The molecule has 0 aliphatic heterocycles. The van der Waals surface area contributed by atoms with Crippen molar-refractivity contribution in [3.05, 3.63) is 71.0 Å². The van der Waals surface area contributed by atoms with Gasteiger partial charge in [0.15, 0.2) is 0 Å². The average molecular weight is 376 g/mol. The highest BCUT2D eigenvalue weighted by molar-refractivity contribution is 6.04. The summed E-state index contributed by atoms with van der Waals surface area (Å²) in [6.45, 7) is 6.10. The number of nitrogens with one attached hydrogen (secondary N) is 2. The highest BCUT2D eigenvalue weighted by atomic mass is 16.5. The fraction of sp³-hybridized carbons (Fsp3) is 0.227. The lowest BCUT2D eigenvalue weighted by atomic mass is 10.1. The number of carbonyl (C=O) groups is 1. The minimum Gasteiger partial charge on any atom is -0.495 e.